The molecular formula is C16H29N3S. The average Bonchev–Trinajstić information content (AvgIpc) is 2.81. The van der Waals surface area contributed by atoms with E-state index in [2.05, 4.69) is 24.2 Å². The van der Waals surface area contributed by atoms with Crippen molar-refractivity contribution in [3.63, 3.8) is 0 Å². The predicted molar refractivity (Wildman–Crippen MR) is 88.5 cm³/mol. The van der Waals surface area contributed by atoms with Crippen molar-refractivity contribution in [3.8, 4) is 0 Å². The summed E-state index contributed by atoms with van der Waals surface area (Å²) in [4.78, 5) is 7.33. The van der Waals surface area contributed by atoms with Crippen LogP contribution in [-0.4, -0.2) is 48.0 Å². The second-order valence-corrected chi connectivity index (χ2v) is 8.25. The monoisotopic (exact) mass is 295 g/mol. The topological polar surface area (TPSA) is 27.6 Å². The molecule has 1 spiro atoms. The van der Waals surface area contributed by atoms with Gasteiger partial charge in [0, 0.05) is 17.8 Å². The van der Waals surface area contributed by atoms with Crippen LogP contribution in [0, 0.1) is 11.8 Å². The summed E-state index contributed by atoms with van der Waals surface area (Å²) < 4.78 is 0. The number of nitrogens with one attached hydrogen (secondary N) is 1. The van der Waals surface area contributed by atoms with E-state index in [-0.39, 0.29) is 0 Å². The van der Waals surface area contributed by atoms with Crippen molar-refractivity contribution in [2.45, 2.75) is 51.0 Å². The van der Waals surface area contributed by atoms with E-state index < -0.39 is 0 Å². The van der Waals surface area contributed by atoms with Crippen LogP contribution >= 0.6 is 11.8 Å². The summed E-state index contributed by atoms with van der Waals surface area (Å²) in [5.41, 5.74) is 0.383. The molecule has 2 atom stereocenters. The van der Waals surface area contributed by atoms with E-state index in [1.165, 1.54) is 62.5 Å². The van der Waals surface area contributed by atoms with Gasteiger partial charge in [-0.15, -0.1) is 0 Å². The lowest BCUT2D eigenvalue weighted by molar-refractivity contribution is 0.223. The van der Waals surface area contributed by atoms with E-state index in [0.717, 1.165) is 18.4 Å². The van der Waals surface area contributed by atoms with Crippen molar-refractivity contribution in [1.29, 1.82) is 0 Å². The largest absolute Gasteiger partial charge is 0.359 e. The van der Waals surface area contributed by atoms with Gasteiger partial charge in [-0.3, -0.25) is 4.99 Å². The van der Waals surface area contributed by atoms with Crippen LogP contribution in [0.25, 0.3) is 0 Å². The number of nitrogens with zero attached hydrogens (tertiary/aromatic N) is 2. The van der Waals surface area contributed by atoms with Crippen LogP contribution < -0.4 is 5.32 Å². The molecule has 1 aliphatic carbocycles. The summed E-state index contributed by atoms with van der Waals surface area (Å²) in [6.07, 6.45) is 8.12. The SMILES string of the molecule is CC1CCCC2(CSC(=NCC3CCN(C)CC3)N2)C1. The normalized spacial score (nSPS) is 38.5. The van der Waals surface area contributed by atoms with E-state index in [1.807, 2.05) is 11.8 Å². The molecule has 0 bridgehead atoms. The van der Waals surface area contributed by atoms with Crippen LogP contribution in [0.4, 0.5) is 0 Å². The Balaban J connectivity index is 1.50. The number of likely N-dealkylation sites (tertiary alicyclic amines) is 1. The molecule has 3 nitrogen and oxygen atoms in total. The maximum atomic E-state index is 4.90. The predicted octanol–water partition coefficient (Wildman–Crippen LogP) is 2.97. The van der Waals surface area contributed by atoms with Crippen molar-refractivity contribution in [2.75, 3.05) is 32.4 Å². The van der Waals surface area contributed by atoms with Crippen LogP contribution in [0.1, 0.15) is 45.4 Å². The fourth-order valence-electron chi connectivity index (χ4n) is 3.95. The molecule has 3 fully saturated rings. The Hall–Kier alpha value is -0.220. The Kier molecular flexibility index (Phi) is 4.61. The van der Waals surface area contributed by atoms with Crippen molar-refractivity contribution < 1.29 is 0 Å². The molecule has 1 N–H and O–H groups in total. The molecule has 20 heavy (non-hydrogen) atoms. The Morgan fingerprint density at radius 3 is 2.90 bits per heavy atom. The van der Waals surface area contributed by atoms with Crippen LogP contribution in [0.3, 0.4) is 0 Å². The quantitative estimate of drug-likeness (QED) is 0.849. The van der Waals surface area contributed by atoms with Crippen molar-refractivity contribution in [1.82, 2.24) is 10.2 Å². The van der Waals surface area contributed by atoms with E-state index in [9.17, 15) is 0 Å². The zero-order chi connectivity index (χ0) is 14.0. The van der Waals surface area contributed by atoms with Gasteiger partial charge in [0.15, 0.2) is 5.17 Å². The van der Waals surface area contributed by atoms with Crippen molar-refractivity contribution in [2.24, 2.45) is 16.8 Å². The second-order valence-electron chi connectivity index (χ2n) is 7.29. The molecule has 0 aromatic carbocycles. The molecule has 2 aliphatic heterocycles. The first-order chi connectivity index (χ1) is 9.65. The first kappa shape index (κ1) is 14.7. The number of thioether (sulfide) groups is 1. The minimum atomic E-state index is 0.383. The maximum Gasteiger partial charge on any atom is 0.157 e. The van der Waals surface area contributed by atoms with Gasteiger partial charge in [0.1, 0.15) is 0 Å². The molecule has 0 aromatic heterocycles. The Morgan fingerprint density at radius 1 is 1.35 bits per heavy atom. The highest BCUT2D eigenvalue weighted by atomic mass is 32.2. The number of aliphatic imine (C=N–C) groups is 1. The third-order valence-corrected chi connectivity index (χ3v) is 6.48. The van der Waals surface area contributed by atoms with Gasteiger partial charge in [0.2, 0.25) is 0 Å². The fourth-order valence-corrected chi connectivity index (χ4v) is 5.15. The molecule has 0 aromatic rings. The molecule has 2 saturated heterocycles. The zero-order valence-electron chi connectivity index (χ0n) is 13.0. The first-order valence-electron chi connectivity index (χ1n) is 8.29. The second kappa shape index (κ2) is 6.27. The highest BCUT2D eigenvalue weighted by Gasteiger charge is 2.40. The van der Waals surface area contributed by atoms with E-state index in [0.29, 0.717) is 5.54 Å². The molecular weight excluding hydrogens is 266 g/mol. The summed E-state index contributed by atoms with van der Waals surface area (Å²) in [6, 6.07) is 0. The number of rotatable bonds is 2. The van der Waals surface area contributed by atoms with E-state index >= 15 is 0 Å². The third kappa shape index (κ3) is 3.51. The molecule has 4 heteroatoms. The summed E-state index contributed by atoms with van der Waals surface area (Å²) in [5, 5.41) is 5.02. The van der Waals surface area contributed by atoms with E-state index in [4.69, 9.17) is 4.99 Å². The van der Waals surface area contributed by atoms with Crippen molar-refractivity contribution >= 4 is 16.9 Å². The van der Waals surface area contributed by atoms with Gasteiger partial charge in [-0.05, 0) is 57.7 Å². The lowest BCUT2D eigenvalue weighted by Gasteiger charge is -2.36. The molecule has 0 radical (unpaired) electrons. The molecule has 3 aliphatic rings. The average molecular weight is 295 g/mol. The minimum Gasteiger partial charge on any atom is -0.359 e. The smallest absolute Gasteiger partial charge is 0.157 e. The Labute approximate surface area is 128 Å². The molecule has 2 heterocycles. The van der Waals surface area contributed by atoms with Crippen LogP contribution in [0.5, 0.6) is 0 Å². The number of hydrogen-bond acceptors (Lipinski definition) is 3. The van der Waals surface area contributed by atoms with Gasteiger partial charge in [-0.25, -0.2) is 0 Å². The summed E-state index contributed by atoms with van der Waals surface area (Å²) in [6.45, 7) is 5.94. The lowest BCUT2D eigenvalue weighted by atomic mass is 9.78. The molecule has 0 amide bonds. The van der Waals surface area contributed by atoms with E-state index in [1.54, 1.807) is 0 Å². The van der Waals surface area contributed by atoms with Crippen LogP contribution in [0.15, 0.2) is 4.99 Å². The van der Waals surface area contributed by atoms with Crippen molar-refractivity contribution in [3.05, 3.63) is 0 Å². The molecule has 1 saturated carbocycles. The highest BCUT2D eigenvalue weighted by molar-refractivity contribution is 8.14. The Bertz CT molecular complexity index is 363. The lowest BCUT2D eigenvalue weighted by Crippen LogP contribution is -2.47. The zero-order valence-corrected chi connectivity index (χ0v) is 13.8. The van der Waals surface area contributed by atoms with Gasteiger partial charge in [-0.2, -0.15) is 0 Å². The fraction of sp³-hybridized carbons (Fsp3) is 0.938. The number of hydrogen-bond donors (Lipinski definition) is 1. The van der Waals surface area contributed by atoms with Gasteiger partial charge >= 0.3 is 0 Å². The molecule has 3 rings (SSSR count). The van der Waals surface area contributed by atoms with Gasteiger partial charge in [0.25, 0.3) is 0 Å². The number of amidine groups is 1. The maximum absolute atomic E-state index is 4.90. The number of piperidine rings is 1. The summed E-state index contributed by atoms with van der Waals surface area (Å²) >= 11 is 1.97. The van der Waals surface area contributed by atoms with Crippen LogP contribution in [0.2, 0.25) is 0 Å². The highest BCUT2D eigenvalue weighted by Crippen LogP contribution is 2.38. The minimum absolute atomic E-state index is 0.383. The standard InChI is InChI=1S/C16H29N3S/c1-13-4-3-7-16(10-13)12-20-15(18-16)17-11-14-5-8-19(2)9-6-14/h13-14H,3-12H2,1-2H3,(H,17,18). The van der Waals surface area contributed by atoms with Gasteiger partial charge < -0.3 is 10.2 Å². The Morgan fingerprint density at radius 2 is 2.15 bits per heavy atom. The van der Waals surface area contributed by atoms with Crippen LogP contribution in [-0.2, 0) is 0 Å². The third-order valence-electron chi connectivity index (χ3n) is 5.28. The van der Waals surface area contributed by atoms with Gasteiger partial charge in [-0.1, -0.05) is 31.5 Å². The summed E-state index contributed by atoms with van der Waals surface area (Å²) in [7, 11) is 2.23. The molecule has 2 unspecified atom stereocenters. The summed E-state index contributed by atoms with van der Waals surface area (Å²) in [5.74, 6) is 2.93. The molecule has 114 valence electrons. The van der Waals surface area contributed by atoms with Gasteiger partial charge in [0.05, 0.1) is 0 Å². The first-order valence-corrected chi connectivity index (χ1v) is 9.28.